The zero-order chi connectivity index (χ0) is 16.2. The lowest BCUT2D eigenvalue weighted by atomic mass is 10.1. The number of unbranched alkanes of at least 4 members (excludes halogenated alkanes) is 2. The highest BCUT2D eigenvalue weighted by molar-refractivity contribution is 7.08. The average molecular weight is 320 g/mol. The molecule has 0 unspecified atom stereocenters. The maximum Gasteiger partial charge on any atom is 0.0219 e. The maximum absolute atomic E-state index is 2.30. The standard InChI is InChI=1S/C10H17N.C10H16S/c1-3-5-7-11-8-6-10(4-2)9-11;1-3-5-6-10-8-11-7-9(10)4-2/h6,8-9H,3-5,7H2,1-2H3;7-8H,3-6H2,1-2H3. The summed E-state index contributed by atoms with van der Waals surface area (Å²) in [7, 11) is 0. The molecule has 2 aromatic heterocycles. The molecule has 0 radical (unpaired) electrons. The fourth-order valence-electron chi connectivity index (χ4n) is 2.43. The summed E-state index contributed by atoms with van der Waals surface area (Å²) in [6.45, 7) is 10.1. The summed E-state index contributed by atoms with van der Waals surface area (Å²) < 4.78 is 2.28. The largest absolute Gasteiger partial charge is 0.354 e. The Morgan fingerprint density at radius 3 is 2.23 bits per heavy atom. The van der Waals surface area contributed by atoms with Gasteiger partial charge in [0, 0.05) is 18.9 Å². The first kappa shape index (κ1) is 19.0. The molecule has 22 heavy (non-hydrogen) atoms. The maximum atomic E-state index is 2.30. The monoisotopic (exact) mass is 319 g/mol. The van der Waals surface area contributed by atoms with E-state index in [0.29, 0.717) is 0 Å². The van der Waals surface area contributed by atoms with Crippen LogP contribution in [0.15, 0.2) is 29.2 Å². The van der Waals surface area contributed by atoms with Crippen LogP contribution in [0.1, 0.15) is 70.1 Å². The zero-order valence-corrected chi connectivity index (χ0v) is 15.7. The van der Waals surface area contributed by atoms with Gasteiger partial charge in [0.15, 0.2) is 0 Å². The molecule has 0 atom stereocenters. The second-order valence-corrected chi connectivity index (χ2v) is 6.59. The summed E-state index contributed by atoms with van der Waals surface area (Å²) >= 11 is 1.84. The Bertz CT molecular complexity index is 495. The van der Waals surface area contributed by atoms with Crippen molar-refractivity contribution in [3.8, 4) is 0 Å². The van der Waals surface area contributed by atoms with Gasteiger partial charge in [-0.1, -0.05) is 40.5 Å². The molecule has 1 nitrogen and oxygen atoms in total. The van der Waals surface area contributed by atoms with Crippen LogP contribution in [-0.2, 0) is 25.8 Å². The number of aryl methyl sites for hydroxylation is 4. The van der Waals surface area contributed by atoms with Crippen molar-refractivity contribution in [2.24, 2.45) is 0 Å². The lowest BCUT2D eigenvalue weighted by molar-refractivity contribution is 0.634. The number of rotatable bonds is 8. The minimum Gasteiger partial charge on any atom is -0.354 e. The van der Waals surface area contributed by atoms with Crippen molar-refractivity contribution >= 4 is 11.3 Å². The predicted octanol–water partition coefficient (Wildman–Crippen LogP) is 6.50. The van der Waals surface area contributed by atoms with Crippen molar-refractivity contribution in [1.29, 1.82) is 0 Å². The Morgan fingerprint density at radius 2 is 1.64 bits per heavy atom. The molecule has 0 N–H and O–H groups in total. The van der Waals surface area contributed by atoms with Crippen LogP contribution in [0.25, 0.3) is 0 Å². The van der Waals surface area contributed by atoms with Crippen LogP contribution in [0.4, 0.5) is 0 Å². The summed E-state index contributed by atoms with van der Waals surface area (Å²) in [5, 5.41) is 4.58. The molecule has 124 valence electrons. The van der Waals surface area contributed by atoms with Crippen molar-refractivity contribution in [3.05, 3.63) is 45.9 Å². The Hall–Kier alpha value is -1.02. The van der Waals surface area contributed by atoms with E-state index >= 15 is 0 Å². The van der Waals surface area contributed by atoms with Gasteiger partial charge < -0.3 is 4.57 Å². The van der Waals surface area contributed by atoms with Crippen LogP contribution in [0.5, 0.6) is 0 Å². The first-order valence-corrected chi connectivity index (χ1v) is 9.87. The van der Waals surface area contributed by atoms with Crippen LogP contribution in [0.3, 0.4) is 0 Å². The van der Waals surface area contributed by atoms with E-state index in [1.807, 2.05) is 11.3 Å². The van der Waals surface area contributed by atoms with Gasteiger partial charge in [0.05, 0.1) is 0 Å². The first-order valence-electron chi connectivity index (χ1n) is 8.93. The van der Waals surface area contributed by atoms with Crippen LogP contribution >= 0.6 is 11.3 Å². The molecule has 0 aromatic carbocycles. The van der Waals surface area contributed by atoms with Crippen molar-refractivity contribution < 1.29 is 0 Å². The number of thiophene rings is 1. The van der Waals surface area contributed by atoms with Crippen LogP contribution in [-0.4, -0.2) is 4.57 Å². The molecule has 0 amide bonds. The van der Waals surface area contributed by atoms with Crippen molar-refractivity contribution in [2.45, 2.75) is 79.2 Å². The average Bonchev–Trinajstić information content (AvgIpc) is 3.20. The van der Waals surface area contributed by atoms with E-state index in [1.165, 1.54) is 50.6 Å². The summed E-state index contributed by atoms with van der Waals surface area (Å²) in [5.74, 6) is 0. The SMILES string of the molecule is CCCCc1cscc1CC.CCCCn1ccc(CC)c1. The number of hydrogen-bond donors (Lipinski definition) is 0. The Balaban J connectivity index is 0.000000220. The van der Waals surface area contributed by atoms with Crippen LogP contribution < -0.4 is 0 Å². The number of aromatic nitrogens is 1. The second kappa shape index (κ2) is 11.5. The van der Waals surface area contributed by atoms with E-state index in [2.05, 4.69) is 61.5 Å². The van der Waals surface area contributed by atoms with Gasteiger partial charge in [0.2, 0.25) is 0 Å². The van der Waals surface area contributed by atoms with E-state index in [4.69, 9.17) is 0 Å². The molecule has 0 spiro atoms. The smallest absolute Gasteiger partial charge is 0.0219 e. The molecule has 0 aliphatic rings. The van der Waals surface area contributed by atoms with Gasteiger partial charge in [-0.2, -0.15) is 11.3 Å². The molecule has 0 fully saturated rings. The van der Waals surface area contributed by atoms with Crippen molar-refractivity contribution in [2.75, 3.05) is 0 Å². The van der Waals surface area contributed by atoms with E-state index in [-0.39, 0.29) is 0 Å². The normalized spacial score (nSPS) is 10.4. The van der Waals surface area contributed by atoms with E-state index in [9.17, 15) is 0 Å². The summed E-state index contributed by atoms with van der Waals surface area (Å²) in [6, 6.07) is 2.20. The highest BCUT2D eigenvalue weighted by Crippen LogP contribution is 2.17. The molecular weight excluding hydrogens is 286 g/mol. The highest BCUT2D eigenvalue weighted by atomic mass is 32.1. The minimum atomic E-state index is 1.15. The predicted molar refractivity (Wildman–Crippen MR) is 101 cm³/mol. The van der Waals surface area contributed by atoms with Gasteiger partial charge >= 0.3 is 0 Å². The van der Waals surface area contributed by atoms with Gasteiger partial charge in [-0.3, -0.25) is 0 Å². The Morgan fingerprint density at radius 1 is 0.909 bits per heavy atom. The minimum absolute atomic E-state index is 1.15. The molecule has 0 saturated heterocycles. The summed E-state index contributed by atoms with van der Waals surface area (Å²) in [4.78, 5) is 0. The molecule has 2 heterocycles. The third kappa shape index (κ3) is 6.83. The van der Waals surface area contributed by atoms with Gasteiger partial charge in [0.25, 0.3) is 0 Å². The third-order valence-electron chi connectivity index (χ3n) is 4.00. The van der Waals surface area contributed by atoms with E-state index < -0.39 is 0 Å². The Labute approximate surface area is 141 Å². The fourth-order valence-corrected chi connectivity index (χ4v) is 3.41. The van der Waals surface area contributed by atoms with Gasteiger partial charge in [-0.25, -0.2) is 0 Å². The number of hydrogen-bond acceptors (Lipinski definition) is 1. The van der Waals surface area contributed by atoms with Gasteiger partial charge in [-0.15, -0.1) is 0 Å². The molecule has 0 bridgehead atoms. The van der Waals surface area contributed by atoms with E-state index in [1.54, 1.807) is 11.1 Å². The van der Waals surface area contributed by atoms with E-state index in [0.717, 1.165) is 6.42 Å². The van der Waals surface area contributed by atoms with Crippen LogP contribution in [0.2, 0.25) is 0 Å². The van der Waals surface area contributed by atoms with Crippen molar-refractivity contribution in [3.63, 3.8) is 0 Å². The molecule has 0 aliphatic carbocycles. The molecule has 2 aromatic rings. The van der Waals surface area contributed by atoms with Crippen LogP contribution in [0, 0.1) is 0 Å². The quantitative estimate of drug-likeness (QED) is 0.523. The molecule has 2 rings (SSSR count). The summed E-state index contributed by atoms with van der Waals surface area (Å²) in [5.41, 5.74) is 4.59. The lowest BCUT2D eigenvalue weighted by Gasteiger charge is -1.98. The third-order valence-corrected chi connectivity index (χ3v) is 4.84. The lowest BCUT2D eigenvalue weighted by Crippen LogP contribution is -1.92. The van der Waals surface area contributed by atoms with Gasteiger partial charge in [-0.05, 0) is 65.6 Å². The zero-order valence-electron chi connectivity index (χ0n) is 14.9. The second-order valence-electron chi connectivity index (χ2n) is 5.84. The molecule has 0 aliphatic heterocycles. The molecular formula is C20H33NS. The topological polar surface area (TPSA) is 4.93 Å². The molecule has 0 saturated carbocycles. The van der Waals surface area contributed by atoms with Crippen molar-refractivity contribution in [1.82, 2.24) is 4.57 Å². The first-order chi connectivity index (χ1) is 10.7. The summed E-state index contributed by atoms with van der Waals surface area (Å²) in [6.07, 6.45) is 13.3. The highest BCUT2D eigenvalue weighted by Gasteiger charge is 1.99. The number of nitrogens with zero attached hydrogens (tertiary/aromatic N) is 1. The fraction of sp³-hybridized carbons (Fsp3) is 0.600. The Kier molecular flexibility index (Phi) is 9.98. The van der Waals surface area contributed by atoms with Gasteiger partial charge in [0.1, 0.15) is 0 Å². The molecule has 2 heteroatoms.